The first-order chi connectivity index (χ1) is 6.34. The summed E-state index contributed by atoms with van der Waals surface area (Å²) in [6.45, 7) is 0. The fourth-order valence-corrected chi connectivity index (χ4v) is 2.62. The third-order valence-corrected chi connectivity index (χ3v) is 3.24. The Bertz CT molecular complexity index is 356. The molecule has 2 bridgehead atoms. The molecule has 0 radical (unpaired) electrons. The number of hydrogen-bond acceptors (Lipinski definition) is 3. The summed E-state index contributed by atoms with van der Waals surface area (Å²) >= 11 is 0. The molecule has 1 heterocycles. The van der Waals surface area contributed by atoms with Gasteiger partial charge in [0.25, 0.3) is 0 Å². The fraction of sp³-hybridized carbons (Fsp3) is 0.500. The van der Waals surface area contributed by atoms with E-state index in [0.717, 1.165) is 11.7 Å². The third-order valence-electron chi connectivity index (χ3n) is 3.24. The SMILES string of the molecule is Nc1cnoc1C1CC2C=CC1C2. The molecule has 0 spiro atoms. The minimum Gasteiger partial charge on any atom is -0.395 e. The molecule has 0 aliphatic heterocycles. The van der Waals surface area contributed by atoms with Gasteiger partial charge in [-0.3, -0.25) is 0 Å². The van der Waals surface area contributed by atoms with Crippen molar-refractivity contribution in [1.29, 1.82) is 0 Å². The molecule has 3 heteroatoms. The van der Waals surface area contributed by atoms with Crippen molar-refractivity contribution in [1.82, 2.24) is 5.16 Å². The van der Waals surface area contributed by atoms with Crippen molar-refractivity contribution in [2.75, 3.05) is 5.73 Å². The van der Waals surface area contributed by atoms with E-state index in [0.29, 0.717) is 17.5 Å². The molecule has 0 aromatic carbocycles. The predicted octanol–water partition coefficient (Wildman–Crippen LogP) is 1.94. The molecule has 13 heavy (non-hydrogen) atoms. The molecule has 3 rings (SSSR count). The quantitative estimate of drug-likeness (QED) is 0.665. The zero-order chi connectivity index (χ0) is 8.84. The second-order valence-electron chi connectivity index (χ2n) is 4.03. The van der Waals surface area contributed by atoms with E-state index in [1.807, 2.05) is 0 Å². The van der Waals surface area contributed by atoms with Gasteiger partial charge >= 0.3 is 0 Å². The largest absolute Gasteiger partial charge is 0.395 e. The van der Waals surface area contributed by atoms with Crippen LogP contribution in [0.4, 0.5) is 5.69 Å². The molecule has 1 aromatic heterocycles. The monoisotopic (exact) mass is 176 g/mol. The van der Waals surface area contributed by atoms with Crippen LogP contribution in [0.25, 0.3) is 0 Å². The molecule has 0 saturated heterocycles. The molecule has 3 unspecified atom stereocenters. The number of rotatable bonds is 1. The van der Waals surface area contributed by atoms with E-state index < -0.39 is 0 Å². The highest BCUT2D eigenvalue weighted by atomic mass is 16.5. The van der Waals surface area contributed by atoms with Crippen molar-refractivity contribution in [3.63, 3.8) is 0 Å². The van der Waals surface area contributed by atoms with Gasteiger partial charge in [-0.25, -0.2) is 0 Å². The third kappa shape index (κ3) is 0.930. The smallest absolute Gasteiger partial charge is 0.163 e. The van der Waals surface area contributed by atoms with Gasteiger partial charge in [0.15, 0.2) is 5.76 Å². The summed E-state index contributed by atoms with van der Waals surface area (Å²) in [4.78, 5) is 0. The van der Waals surface area contributed by atoms with Crippen molar-refractivity contribution in [2.45, 2.75) is 18.8 Å². The standard InChI is InChI=1S/C10H12N2O/c11-9-5-12-13-10(9)8-4-6-1-2-7(8)3-6/h1-2,5-8H,3-4,11H2. The summed E-state index contributed by atoms with van der Waals surface area (Å²) in [6, 6.07) is 0. The van der Waals surface area contributed by atoms with Gasteiger partial charge in [0.1, 0.15) is 0 Å². The summed E-state index contributed by atoms with van der Waals surface area (Å²) in [7, 11) is 0. The Kier molecular flexibility index (Phi) is 1.31. The Hall–Kier alpha value is -1.25. The molecule has 1 saturated carbocycles. The zero-order valence-electron chi connectivity index (χ0n) is 7.31. The van der Waals surface area contributed by atoms with E-state index in [9.17, 15) is 0 Å². The topological polar surface area (TPSA) is 52.0 Å². The van der Waals surface area contributed by atoms with Crippen LogP contribution in [0, 0.1) is 11.8 Å². The minimum absolute atomic E-state index is 0.484. The number of nitrogens with two attached hydrogens (primary N) is 1. The summed E-state index contributed by atoms with van der Waals surface area (Å²) in [5.41, 5.74) is 6.49. The van der Waals surface area contributed by atoms with Gasteiger partial charge < -0.3 is 10.3 Å². The van der Waals surface area contributed by atoms with Crippen LogP contribution >= 0.6 is 0 Å². The molecular weight excluding hydrogens is 164 g/mol. The lowest BCUT2D eigenvalue weighted by Gasteiger charge is -2.14. The van der Waals surface area contributed by atoms with Crippen LogP contribution in [-0.4, -0.2) is 5.16 Å². The van der Waals surface area contributed by atoms with Crippen LogP contribution in [0.3, 0.4) is 0 Å². The van der Waals surface area contributed by atoms with E-state index in [4.69, 9.17) is 10.3 Å². The average molecular weight is 176 g/mol. The lowest BCUT2D eigenvalue weighted by atomic mass is 9.91. The number of anilines is 1. The molecule has 3 atom stereocenters. The first-order valence-corrected chi connectivity index (χ1v) is 4.73. The van der Waals surface area contributed by atoms with Gasteiger partial charge in [0.05, 0.1) is 11.9 Å². The highest BCUT2D eigenvalue weighted by Crippen LogP contribution is 2.49. The molecule has 1 aromatic rings. The molecule has 68 valence electrons. The van der Waals surface area contributed by atoms with Gasteiger partial charge in [-0.2, -0.15) is 0 Å². The van der Waals surface area contributed by atoms with Gasteiger partial charge in [-0.05, 0) is 24.7 Å². The van der Waals surface area contributed by atoms with Gasteiger partial charge in [0, 0.05) is 5.92 Å². The van der Waals surface area contributed by atoms with E-state index in [1.165, 1.54) is 12.8 Å². The lowest BCUT2D eigenvalue weighted by Crippen LogP contribution is -2.05. The number of nitrogen functional groups attached to an aromatic ring is 1. The lowest BCUT2D eigenvalue weighted by molar-refractivity contribution is 0.345. The second kappa shape index (κ2) is 2.37. The Labute approximate surface area is 76.6 Å². The maximum absolute atomic E-state index is 5.77. The molecule has 3 nitrogen and oxygen atoms in total. The van der Waals surface area contributed by atoms with E-state index in [-0.39, 0.29) is 0 Å². The second-order valence-corrected chi connectivity index (χ2v) is 4.03. The number of hydrogen-bond donors (Lipinski definition) is 1. The van der Waals surface area contributed by atoms with Crippen molar-refractivity contribution in [3.8, 4) is 0 Å². The molecule has 2 aliphatic rings. The fourth-order valence-electron chi connectivity index (χ4n) is 2.62. The maximum atomic E-state index is 5.77. The molecular formula is C10H12N2O. The van der Waals surface area contributed by atoms with Crippen LogP contribution in [-0.2, 0) is 0 Å². The Morgan fingerprint density at radius 1 is 1.38 bits per heavy atom. The van der Waals surface area contributed by atoms with Crippen LogP contribution < -0.4 is 5.73 Å². The van der Waals surface area contributed by atoms with Crippen LogP contribution in [0.5, 0.6) is 0 Å². The first-order valence-electron chi connectivity index (χ1n) is 4.73. The van der Waals surface area contributed by atoms with Crippen molar-refractivity contribution in [2.24, 2.45) is 11.8 Å². The summed E-state index contributed by atoms with van der Waals surface area (Å²) in [5, 5.41) is 3.73. The Balaban J connectivity index is 1.96. The normalized spacial score (nSPS) is 35.8. The number of fused-ring (bicyclic) bond motifs is 2. The van der Waals surface area contributed by atoms with Crippen molar-refractivity contribution < 1.29 is 4.52 Å². The summed E-state index contributed by atoms with van der Waals surface area (Å²) in [6.07, 6.45) is 8.66. The molecule has 2 aliphatic carbocycles. The average Bonchev–Trinajstić information content (AvgIpc) is 2.77. The van der Waals surface area contributed by atoms with Crippen LogP contribution in [0.1, 0.15) is 24.5 Å². The molecule has 2 N–H and O–H groups in total. The van der Waals surface area contributed by atoms with Crippen molar-refractivity contribution >= 4 is 5.69 Å². The van der Waals surface area contributed by atoms with Gasteiger partial charge in [-0.15, -0.1) is 0 Å². The Morgan fingerprint density at radius 2 is 2.31 bits per heavy atom. The zero-order valence-corrected chi connectivity index (χ0v) is 7.31. The maximum Gasteiger partial charge on any atom is 0.163 e. The Morgan fingerprint density at radius 3 is 2.85 bits per heavy atom. The molecule has 0 amide bonds. The van der Waals surface area contributed by atoms with E-state index in [1.54, 1.807) is 6.20 Å². The number of allylic oxidation sites excluding steroid dienone is 2. The highest BCUT2D eigenvalue weighted by Gasteiger charge is 2.39. The summed E-state index contributed by atoms with van der Waals surface area (Å²) in [5.74, 6) is 2.77. The van der Waals surface area contributed by atoms with Gasteiger partial charge in [0.2, 0.25) is 0 Å². The van der Waals surface area contributed by atoms with Crippen LogP contribution in [0.15, 0.2) is 22.9 Å². The minimum atomic E-state index is 0.484. The first kappa shape index (κ1) is 7.18. The van der Waals surface area contributed by atoms with Crippen LogP contribution in [0.2, 0.25) is 0 Å². The van der Waals surface area contributed by atoms with Crippen molar-refractivity contribution in [3.05, 3.63) is 24.1 Å². The predicted molar refractivity (Wildman–Crippen MR) is 49.0 cm³/mol. The highest BCUT2D eigenvalue weighted by molar-refractivity contribution is 5.42. The van der Waals surface area contributed by atoms with Gasteiger partial charge in [-0.1, -0.05) is 17.3 Å². The number of aromatic nitrogens is 1. The summed E-state index contributed by atoms with van der Waals surface area (Å²) < 4.78 is 5.19. The molecule has 1 fully saturated rings. The van der Waals surface area contributed by atoms with E-state index in [2.05, 4.69) is 17.3 Å². The number of nitrogens with zero attached hydrogens (tertiary/aromatic N) is 1. The van der Waals surface area contributed by atoms with E-state index >= 15 is 0 Å².